The Morgan fingerprint density at radius 1 is 1.07 bits per heavy atom. The Balaban J connectivity index is 2.36. The predicted molar refractivity (Wildman–Crippen MR) is 95.7 cm³/mol. The first-order valence-corrected chi connectivity index (χ1v) is 8.06. The van der Waals surface area contributed by atoms with Gasteiger partial charge in [0.05, 0.1) is 39.9 Å². The highest BCUT2D eigenvalue weighted by Gasteiger charge is 2.36. The van der Waals surface area contributed by atoms with E-state index < -0.39 is 17.8 Å². The van der Waals surface area contributed by atoms with Crippen molar-refractivity contribution in [3.63, 3.8) is 0 Å². The summed E-state index contributed by atoms with van der Waals surface area (Å²) in [6.07, 6.45) is -0.169. The van der Waals surface area contributed by atoms with E-state index in [1.54, 1.807) is 19.1 Å². The molecule has 1 aliphatic heterocycles. The van der Waals surface area contributed by atoms with Gasteiger partial charge in [-0.3, -0.25) is 9.59 Å². The third kappa shape index (κ3) is 4.13. The highest BCUT2D eigenvalue weighted by molar-refractivity contribution is 6.06. The fourth-order valence-corrected chi connectivity index (χ4v) is 2.89. The van der Waals surface area contributed by atoms with Crippen LogP contribution in [0.4, 0.5) is 5.69 Å². The lowest BCUT2D eigenvalue weighted by Crippen LogP contribution is -2.40. The van der Waals surface area contributed by atoms with Crippen LogP contribution in [0.2, 0.25) is 0 Å². The van der Waals surface area contributed by atoms with Crippen LogP contribution in [0.5, 0.6) is 17.2 Å². The first kappa shape index (κ1) is 20.1. The van der Waals surface area contributed by atoms with Crippen LogP contribution in [0.3, 0.4) is 0 Å². The summed E-state index contributed by atoms with van der Waals surface area (Å²) in [7, 11) is 5.59. The number of carbonyl (C=O) groups excluding carboxylic acids is 3. The lowest BCUT2D eigenvalue weighted by atomic mass is 9.89. The third-order valence-electron chi connectivity index (χ3n) is 4.12. The largest absolute Gasteiger partial charge is 0.493 e. The number of allylic oxidation sites excluding steroid dienone is 1. The zero-order chi connectivity index (χ0) is 20.1. The molecule has 2 amide bonds. The van der Waals surface area contributed by atoms with E-state index in [9.17, 15) is 14.4 Å². The molecular weight excluding hydrogens is 356 g/mol. The normalized spacial score (nSPS) is 16.3. The van der Waals surface area contributed by atoms with Gasteiger partial charge in [-0.15, -0.1) is 0 Å². The molecule has 0 fully saturated rings. The average molecular weight is 378 g/mol. The van der Waals surface area contributed by atoms with Crippen LogP contribution in [0, 0.1) is 5.92 Å². The quantitative estimate of drug-likeness (QED) is 0.716. The van der Waals surface area contributed by atoms with Crippen LogP contribution in [0.15, 0.2) is 23.4 Å². The number of methoxy groups -OCH3 is 4. The van der Waals surface area contributed by atoms with Gasteiger partial charge in [0.25, 0.3) is 0 Å². The van der Waals surface area contributed by atoms with Crippen molar-refractivity contribution < 1.29 is 33.3 Å². The molecule has 9 heteroatoms. The number of hydrogen-bond acceptors (Lipinski definition) is 7. The van der Waals surface area contributed by atoms with Crippen molar-refractivity contribution in [1.29, 1.82) is 0 Å². The van der Waals surface area contributed by atoms with Crippen LogP contribution < -0.4 is 24.8 Å². The molecular formula is C18H22N2O7. The summed E-state index contributed by atoms with van der Waals surface area (Å²) in [5.74, 6) is -1.45. The van der Waals surface area contributed by atoms with Crippen molar-refractivity contribution in [3.05, 3.63) is 23.4 Å². The molecule has 0 aliphatic carbocycles. The number of nitrogens with one attached hydrogen (secondary N) is 2. The predicted octanol–water partition coefficient (Wildman–Crippen LogP) is 1.23. The summed E-state index contributed by atoms with van der Waals surface area (Å²) in [6.45, 7) is 1.54. The van der Waals surface area contributed by atoms with Gasteiger partial charge in [-0.2, -0.15) is 0 Å². The summed E-state index contributed by atoms with van der Waals surface area (Å²) in [6, 6.07) is 3.10. The van der Waals surface area contributed by atoms with E-state index in [-0.39, 0.29) is 17.9 Å². The Morgan fingerprint density at radius 3 is 2.15 bits per heavy atom. The Morgan fingerprint density at radius 2 is 1.67 bits per heavy atom. The second kappa shape index (κ2) is 8.43. The van der Waals surface area contributed by atoms with E-state index in [0.29, 0.717) is 28.6 Å². The molecule has 9 nitrogen and oxygen atoms in total. The number of carbonyl (C=O) groups is 3. The maximum absolute atomic E-state index is 12.8. The van der Waals surface area contributed by atoms with Crippen molar-refractivity contribution in [2.75, 3.05) is 33.8 Å². The molecule has 27 heavy (non-hydrogen) atoms. The molecule has 2 rings (SSSR count). The van der Waals surface area contributed by atoms with Gasteiger partial charge < -0.3 is 29.6 Å². The van der Waals surface area contributed by atoms with E-state index >= 15 is 0 Å². The highest BCUT2D eigenvalue weighted by atomic mass is 16.5. The van der Waals surface area contributed by atoms with Gasteiger partial charge in [-0.05, 0) is 6.92 Å². The first-order chi connectivity index (χ1) is 12.9. The minimum atomic E-state index is -0.981. The van der Waals surface area contributed by atoms with E-state index in [2.05, 4.69) is 10.6 Å². The minimum absolute atomic E-state index is 0.113. The molecule has 0 unspecified atom stereocenters. The Labute approximate surface area is 156 Å². The number of ether oxygens (including phenoxy) is 4. The molecule has 1 aromatic rings. The van der Waals surface area contributed by atoms with Crippen molar-refractivity contribution in [2.45, 2.75) is 13.3 Å². The van der Waals surface area contributed by atoms with Crippen LogP contribution in [-0.2, 0) is 19.1 Å². The molecule has 1 heterocycles. The molecule has 146 valence electrons. The molecule has 0 saturated heterocycles. The molecule has 2 N–H and O–H groups in total. The summed E-state index contributed by atoms with van der Waals surface area (Å²) < 4.78 is 20.5. The Kier molecular flexibility index (Phi) is 6.27. The average Bonchev–Trinajstić information content (AvgIpc) is 2.65. The van der Waals surface area contributed by atoms with Gasteiger partial charge in [-0.25, -0.2) is 4.79 Å². The van der Waals surface area contributed by atoms with Crippen LogP contribution in [0.25, 0.3) is 0 Å². The molecule has 0 bridgehead atoms. The fraction of sp³-hybridized carbons (Fsp3) is 0.389. The number of esters is 1. The van der Waals surface area contributed by atoms with E-state index in [0.717, 1.165) is 0 Å². The summed E-state index contributed by atoms with van der Waals surface area (Å²) in [4.78, 5) is 36.7. The summed E-state index contributed by atoms with van der Waals surface area (Å²) >= 11 is 0. The van der Waals surface area contributed by atoms with Gasteiger partial charge in [0.1, 0.15) is 0 Å². The van der Waals surface area contributed by atoms with Crippen LogP contribution in [-0.4, -0.2) is 46.2 Å². The molecule has 0 radical (unpaired) electrons. The van der Waals surface area contributed by atoms with Crippen molar-refractivity contribution in [1.82, 2.24) is 5.32 Å². The van der Waals surface area contributed by atoms with Gasteiger partial charge in [0.2, 0.25) is 17.6 Å². The maximum Gasteiger partial charge on any atom is 0.336 e. The monoisotopic (exact) mass is 378 g/mol. The fourth-order valence-electron chi connectivity index (χ4n) is 2.89. The maximum atomic E-state index is 12.8. The summed E-state index contributed by atoms with van der Waals surface area (Å²) in [5, 5.41) is 5.23. The topological polar surface area (TPSA) is 112 Å². The zero-order valence-electron chi connectivity index (χ0n) is 15.8. The third-order valence-corrected chi connectivity index (χ3v) is 4.12. The lowest BCUT2D eigenvalue weighted by Gasteiger charge is -2.25. The first-order valence-electron chi connectivity index (χ1n) is 8.06. The van der Waals surface area contributed by atoms with Gasteiger partial charge in [0, 0.05) is 29.9 Å². The number of hydrogen-bond donors (Lipinski definition) is 2. The SMILES string of the molecule is COC(=O)C1=C(C)NC(=O)C[C@H]1C(=O)Nc1cc(OC)c(OC)c(OC)c1. The number of amides is 2. The van der Waals surface area contributed by atoms with Crippen molar-refractivity contribution in [3.8, 4) is 17.2 Å². The molecule has 1 atom stereocenters. The zero-order valence-corrected chi connectivity index (χ0v) is 15.8. The minimum Gasteiger partial charge on any atom is -0.493 e. The van der Waals surface area contributed by atoms with E-state index in [4.69, 9.17) is 18.9 Å². The Hall–Kier alpha value is -3.23. The molecule has 1 aliphatic rings. The number of benzene rings is 1. The van der Waals surface area contributed by atoms with E-state index in [1.165, 1.54) is 28.4 Å². The Bertz CT molecular complexity index is 776. The van der Waals surface area contributed by atoms with Crippen molar-refractivity contribution in [2.24, 2.45) is 5.92 Å². The summed E-state index contributed by atoms with van der Waals surface area (Å²) in [5.41, 5.74) is 0.771. The van der Waals surface area contributed by atoms with Gasteiger partial charge in [0.15, 0.2) is 11.5 Å². The molecule has 0 aromatic heterocycles. The van der Waals surface area contributed by atoms with E-state index in [1.807, 2.05) is 0 Å². The molecule has 0 saturated carbocycles. The van der Waals surface area contributed by atoms with Crippen LogP contribution >= 0.6 is 0 Å². The van der Waals surface area contributed by atoms with Gasteiger partial charge >= 0.3 is 5.97 Å². The molecule has 1 aromatic carbocycles. The van der Waals surface area contributed by atoms with Crippen molar-refractivity contribution >= 4 is 23.5 Å². The number of rotatable bonds is 6. The smallest absolute Gasteiger partial charge is 0.336 e. The second-order valence-corrected chi connectivity index (χ2v) is 5.74. The highest BCUT2D eigenvalue weighted by Crippen LogP contribution is 2.40. The van der Waals surface area contributed by atoms with Crippen LogP contribution in [0.1, 0.15) is 13.3 Å². The lowest BCUT2D eigenvalue weighted by molar-refractivity contribution is -0.139. The van der Waals surface area contributed by atoms with Gasteiger partial charge in [-0.1, -0.05) is 0 Å². The molecule has 0 spiro atoms. The second-order valence-electron chi connectivity index (χ2n) is 5.74. The standard InChI is InChI=1S/C18H22N2O7/c1-9-15(18(23)27-5)11(8-14(21)19-9)17(22)20-10-6-12(24-2)16(26-4)13(7-10)25-3/h6-7,11H,8H2,1-5H3,(H,19,21)(H,20,22)/t11-/m1/s1. The number of anilines is 1.